The molecule has 0 saturated carbocycles. The Morgan fingerprint density at radius 1 is 1.20 bits per heavy atom. The Morgan fingerprint density at radius 2 is 1.97 bits per heavy atom. The summed E-state index contributed by atoms with van der Waals surface area (Å²) in [5.41, 5.74) is 2.71. The molecule has 2 N–H and O–H groups in total. The second kappa shape index (κ2) is 12.9. The van der Waals surface area contributed by atoms with E-state index in [0.717, 1.165) is 32.1 Å². The third-order valence-corrected chi connectivity index (χ3v) is 5.82. The topological polar surface area (TPSA) is 58.1 Å². The molecule has 2 saturated heterocycles. The summed E-state index contributed by atoms with van der Waals surface area (Å²) < 4.78 is 11.3. The number of nitrogens with zero attached hydrogens (tertiary/aromatic N) is 2. The number of guanidine groups is 1. The molecule has 2 heterocycles. The van der Waals surface area contributed by atoms with E-state index in [9.17, 15) is 0 Å². The maximum Gasteiger partial charge on any atom is 0.191 e. The van der Waals surface area contributed by atoms with Gasteiger partial charge in [0.2, 0.25) is 0 Å². The van der Waals surface area contributed by atoms with E-state index in [4.69, 9.17) is 14.5 Å². The molecular weight excluding hydrogens is 376 g/mol. The highest BCUT2D eigenvalue weighted by atomic mass is 16.5. The van der Waals surface area contributed by atoms with Crippen LogP contribution in [-0.4, -0.2) is 62.5 Å². The van der Waals surface area contributed by atoms with Crippen LogP contribution in [0, 0.1) is 0 Å². The maximum atomic E-state index is 5.94. The summed E-state index contributed by atoms with van der Waals surface area (Å²) in [4.78, 5) is 7.47. The number of aliphatic imine (C=N–C) groups is 1. The highest BCUT2D eigenvalue weighted by molar-refractivity contribution is 5.80. The predicted octanol–water partition coefficient (Wildman–Crippen LogP) is 3.31. The first-order valence-corrected chi connectivity index (χ1v) is 11.8. The van der Waals surface area contributed by atoms with Gasteiger partial charge in [-0.15, -0.1) is 0 Å². The lowest BCUT2D eigenvalue weighted by Gasteiger charge is -2.22. The van der Waals surface area contributed by atoms with Crippen LogP contribution in [0.25, 0.3) is 0 Å². The molecule has 0 aromatic heterocycles. The van der Waals surface area contributed by atoms with Gasteiger partial charge >= 0.3 is 0 Å². The molecule has 6 nitrogen and oxygen atoms in total. The smallest absolute Gasteiger partial charge is 0.191 e. The fourth-order valence-electron chi connectivity index (χ4n) is 4.09. The van der Waals surface area contributed by atoms with Gasteiger partial charge in [0, 0.05) is 25.7 Å². The summed E-state index contributed by atoms with van der Waals surface area (Å²) in [5, 5.41) is 6.85. The van der Waals surface area contributed by atoms with Crippen molar-refractivity contribution in [3.8, 4) is 0 Å². The van der Waals surface area contributed by atoms with E-state index in [0.29, 0.717) is 19.8 Å². The fourth-order valence-corrected chi connectivity index (χ4v) is 4.09. The van der Waals surface area contributed by atoms with Gasteiger partial charge in [0.25, 0.3) is 0 Å². The number of hydrogen-bond acceptors (Lipinski definition) is 4. The van der Waals surface area contributed by atoms with Crippen LogP contribution in [0.4, 0.5) is 0 Å². The summed E-state index contributed by atoms with van der Waals surface area (Å²) in [5.74, 6) is 0.848. The number of benzene rings is 1. The monoisotopic (exact) mass is 416 g/mol. The number of nitrogens with one attached hydrogen (secondary N) is 2. The number of ether oxygens (including phenoxy) is 2. The van der Waals surface area contributed by atoms with E-state index < -0.39 is 0 Å². The zero-order chi connectivity index (χ0) is 21.0. The van der Waals surface area contributed by atoms with Crippen molar-refractivity contribution in [3.05, 3.63) is 35.4 Å². The number of likely N-dealkylation sites (tertiary alicyclic amines) is 1. The van der Waals surface area contributed by atoms with Crippen LogP contribution in [0.3, 0.4) is 0 Å². The third-order valence-electron chi connectivity index (χ3n) is 5.82. The minimum absolute atomic E-state index is 0.191. The molecule has 168 valence electrons. The fraction of sp³-hybridized carbons (Fsp3) is 0.708. The Kier molecular flexibility index (Phi) is 9.93. The minimum Gasteiger partial charge on any atom is -0.379 e. The van der Waals surface area contributed by atoms with Gasteiger partial charge in [0.15, 0.2) is 5.96 Å². The van der Waals surface area contributed by atoms with Crippen LogP contribution in [0.1, 0.15) is 57.1 Å². The molecule has 2 aliphatic rings. The van der Waals surface area contributed by atoms with Crippen molar-refractivity contribution < 1.29 is 9.47 Å². The quantitative estimate of drug-likeness (QED) is 0.478. The standard InChI is InChI=1S/C24H40N4O2/c1-3-25-24(27-20(2)18-30-23-12-15-29-19-23)26-16-21-10-6-7-11-22(21)17-28-13-8-4-5-9-14-28/h6-7,10-11,20,23H,3-5,8-9,12-19H2,1-2H3,(H2,25,26,27). The van der Waals surface area contributed by atoms with Crippen molar-refractivity contribution in [1.29, 1.82) is 0 Å². The van der Waals surface area contributed by atoms with Gasteiger partial charge in [-0.3, -0.25) is 4.90 Å². The predicted molar refractivity (Wildman–Crippen MR) is 123 cm³/mol. The second-order valence-corrected chi connectivity index (χ2v) is 8.52. The molecule has 0 aliphatic carbocycles. The van der Waals surface area contributed by atoms with Crippen molar-refractivity contribution in [2.75, 3.05) is 39.5 Å². The molecule has 0 spiro atoms. The maximum absolute atomic E-state index is 5.94. The summed E-state index contributed by atoms with van der Waals surface area (Å²) in [6.45, 7) is 11.4. The Bertz CT molecular complexity index is 638. The average Bonchev–Trinajstić information content (AvgIpc) is 3.15. The number of hydrogen-bond donors (Lipinski definition) is 2. The first-order valence-electron chi connectivity index (χ1n) is 11.8. The molecule has 1 aromatic carbocycles. The van der Waals surface area contributed by atoms with Gasteiger partial charge in [0.1, 0.15) is 0 Å². The lowest BCUT2D eigenvalue weighted by atomic mass is 10.1. The Balaban J connectivity index is 1.55. The molecule has 30 heavy (non-hydrogen) atoms. The Hall–Kier alpha value is -1.63. The normalized spacial score (nSPS) is 21.9. The van der Waals surface area contributed by atoms with Crippen LogP contribution in [0.15, 0.2) is 29.3 Å². The van der Waals surface area contributed by atoms with Crippen LogP contribution in [0.5, 0.6) is 0 Å². The summed E-state index contributed by atoms with van der Waals surface area (Å²) in [7, 11) is 0. The van der Waals surface area contributed by atoms with E-state index in [1.165, 1.54) is 49.9 Å². The lowest BCUT2D eigenvalue weighted by Crippen LogP contribution is -2.44. The van der Waals surface area contributed by atoms with Crippen LogP contribution in [0.2, 0.25) is 0 Å². The Labute approximate surface area is 182 Å². The molecule has 6 heteroatoms. The van der Waals surface area contributed by atoms with Crippen molar-refractivity contribution >= 4 is 5.96 Å². The molecule has 2 atom stereocenters. The van der Waals surface area contributed by atoms with Crippen molar-refractivity contribution in [3.63, 3.8) is 0 Å². The van der Waals surface area contributed by atoms with E-state index in [-0.39, 0.29) is 12.1 Å². The molecule has 1 aromatic rings. The average molecular weight is 417 g/mol. The summed E-state index contributed by atoms with van der Waals surface area (Å²) in [6.07, 6.45) is 6.61. The molecule has 0 bridgehead atoms. The summed E-state index contributed by atoms with van der Waals surface area (Å²) >= 11 is 0. The SMILES string of the molecule is CCNC(=NCc1ccccc1CN1CCCCCC1)NC(C)COC1CCOC1. The molecule has 2 fully saturated rings. The number of rotatable bonds is 9. The zero-order valence-electron chi connectivity index (χ0n) is 18.9. The van der Waals surface area contributed by atoms with Gasteiger partial charge in [-0.1, -0.05) is 37.1 Å². The highest BCUT2D eigenvalue weighted by Crippen LogP contribution is 2.17. The van der Waals surface area contributed by atoms with Crippen molar-refractivity contribution in [2.45, 2.75) is 71.2 Å². The van der Waals surface area contributed by atoms with Gasteiger partial charge in [-0.2, -0.15) is 0 Å². The molecule has 0 amide bonds. The van der Waals surface area contributed by atoms with Gasteiger partial charge in [-0.25, -0.2) is 4.99 Å². The molecule has 0 radical (unpaired) electrons. The van der Waals surface area contributed by atoms with Crippen LogP contribution < -0.4 is 10.6 Å². The third kappa shape index (κ3) is 7.89. The van der Waals surface area contributed by atoms with Gasteiger partial charge in [0.05, 0.1) is 25.9 Å². The second-order valence-electron chi connectivity index (χ2n) is 8.52. The minimum atomic E-state index is 0.191. The van der Waals surface area contributed by atoms with E-state index in [1.807, 2.05) is 0 Å². The first kappa shape index (κ1) is 23.0. The zero-order valence-corrected chi connectivity index (χ0v) is 18.9. The van der Waals surface area contributed by atoms with E-state index >= 15 is 0 Å². The summed E-state index contributed by atoms with van der Waals surface area (Å²) in [6, 6.07) is 8.94. The van der Waals surface area contributed by atoms with E-state index in [2.05, 4.69) is 53.6 Å². The van der Waals surface area contributed by atoms with Crippen LogP contribution in [-0.2, 0) is 22.6 Å². The van der Waals surface area contributed by atoms with Gasteiger partial charge < -0.3 is 20.1 Å². The van der Waals surface area contributed by atoms with Crippen LogP contribution >= 0.6 is 0 Å². The van der Waals surface area contributed by atoms with Gasteiger partial charge in [-0.05, 0) is 57.3 Å². The molecule has 3 rings (SSSR count). The highest BCUT2D eigenvalue weighted by Gasteiger charge is 2.17. The Morgan fingerprint density at radius 3 is 2.67 bits per heavy atom. The largest absolute Gasteiger partial charge is 0.379 e. The van der Waals surface area contributed by atoms with Crippen molar-refractivity contribution in [2.24, 2.45) is 4.99 Å². The van der Waals surface area contributed by atoms with E-state index in [1.54, 1.807) is 0 Å². The lowest BCUT2D eigenvalue weighted by molar-refractivity contribution is 0.0347. The first-order chi connectivity index (χ1) is 14.7. The molecule has 2 aliphatic heterocycles. The molecule has 2 unspecified atom stereocenters. The molecular formula is C24H40N4O2. The van der Waals surface area contributed by atoms with Crippen molar-refractivity contribution in [1.82, 2.24) is 15.5 Å².